The number of hydrogen-bond acceptors (Lipinski definition) is 4. The smallest absolute Gasteiger partial charge is 0.244 e. The molecule has 2 aromatic rings. The Morgan fingerprint density at radius 1 is 1.33 bits per heavy atom. The van der Waals surface area contributed by atoms with Gasteiger partial charge in [-0.3, -0.25) is 0 Å². The standard InChI is InChI=1S/C12H12BrClN4O2S/c13-10-2-1-9(6-14)5-11(10)21(19,20)18-4-3-17-8-15-16-12(17)7-18/h1-2,5,8H,3-4,6-7H2. The van der Waals surface area contributed by atoms with Gasteiger partial charge in [0.15, 0.2) is 0 Å². The summed E-state index contributed by atoms with van der Waals surface area (Å²) in [6.45, 7) is 1.17. The van der Waals surface area contributed by atoms with Crippen LogP contribution in [0.5, 0.6) is 0 Å². The van der Waals surface area contributed by atoms with Gasteiger partial charge in [0.2, 0.25) is 10.0 Å². The number of rotatable bonds is 3. The number of aromatic nitrogens is 3. The quantitative estimate of drug-likeness (QED) is 0.750. The van der Waals surface area contributed by atoms with Gasteiger partial charge in [-0.2, -0.15) is 4.31 Å². The van der Waals surface area contributed by atoms with Gasteiger partial charge in [-0.25, -0.2) is 8.42 Å². The second-order valence-electron chi connectivity index (χ2n) is 4.68. The van der Waals surface area contributed by atoms with E-state index in [0.29, 0.717) is 23.4 Å². The van der Waals surface area contributed by atoms with E-state index >= 15 is 0 Å². The average molecular weight is 392 g/mol. The molecule has 0 unspecified atom stereocenters. The molecule has 1 aliphatic heterocycles. The largest absolute Gasteiger partial charge is 0.315 e. The van der Waals surface area contributed by atoms with Crippen molar-refractivity contribution in [3.05, 3.63) is 40.4 Å². The molecule has 0 atom stereocenters. The molecule has 1 aromatic heterocycles. The molecule has 0 fully saturated rings. The molecule has 3 rings (SSSR count). The van der Waals surface area contributed by atoms with E-state index in [1.54, 1.807) is 24.5 Å². The predicted molar refractivity (Wildman–Crippen MR) is 81.3 cm³/mol. The zero-order chi connectivity index (χ0) is 15.0. The highest BCUT2D eigenvalue weighted by Gasteiger charge is 2.30. The Kier molecular flexibility index (Phi) is 4.04. The molecule has 0 saturated carbocycles. The molecule has 1 aromatic carbocycles. The van der Waals surface area contributed by atoms with Crippen molar-refractivity contribution in [1.82, 2.24) is 19.1 Å². The Morgan fingerprint density at radius 3 is 2.90 bits per heavy atom. The number of sulfonamides is 1. The highest BCUT2D eigenvalue weighted by Crippen LogP contribution is 2.28. The fraction of sp³-hybridized carbons (Fsp3) is 0.333. The first kappa shape index (κ1) is 15.0. The summed E-state index contributed by atoms with van der Waals surface area (Å²) in [7, 11) is -3.60. The SMILES string of the molecule is O=S(=O)(c1cc(CCl)ccc1Br)N1CCn2cnnc2C1. The first-order valence-corrected chi connectivity index (χ1v) is 9.00. The van der Waals surface area contributed by atoms with Crippen molar-refractivity contribution in [2.45, 2.75) is 23.9 Å². The average Bonchev–Trinajstić information content (AvgIpc) is 2.95. The lowest BCUT2D eigenvalue weighted by atomic mass is 10.2. The Labute approximate surface area is 135 Å². The molecule has 9 heteroatoms. The molecule has 0 amide bonds. The summed E-state index contributed by atoms with van der Waals surface area (Å²) in [5, 5.41) is 7.75. The second-order valence-corrected chi connectivity index (χ2v) is 7.71. The molecular weight excluding hydrogens is 380 g/mol. The van der Waals surface area contributed by atoms with Crippen LogP contribution in [-0.4, -0.2) is 34.0 Å². The molecule has 0 radical (unpaired) electrons. The van der Waals surface area contributed by atoms with Crippen LogP contribution in [0.25, 0.3) is 0 Å². The molecule has 0 N–H and O–H groups in total. The van der Waals surface area contributed by atoms with Crippen molar-refractivity contribution >= 4 is 37.6 Å². The lowest BCUT2D eigenvalue weighted by molar-refractivity contribution is 0.335. The van der Waals surface area contributed by atoms with Crippen molar-refractivity contribution in [2.24, 2.45) is 0 Å². The molecule has 0 spiro atoms. The summed E-state index contributed by atoms with van der Waals surface area (Å²) in [6.07, 6.45) is 1.61. The third-order valence-electron chi connectivity index (χ3n) is 3.37. The van der Waals surface area contributed by atoms with Crippen LogP contribution in [-0.2, 0) is 29.0 Å². The van der Waals surface area contributed by atoms with Crippen molar-refractivity contribution in [2.75, 3.05) is 6.54 Å². The number of fused-ring (bicyclic) bond motifs is 1. The van der Waals surface area contributed by atoms with Crippen LogP contribution in [0.3, 0.4) is 0 Å². The van der Waals surface area contributed by atoms with Gasteiger partial charge in [0, 0.05) is 23.4 Å². The molecule has 6 nitrogen and oxygen atoms in total. The van der Waals surface area contributed by atoms with Gasteiger partial charge in [-0.1, -0.05) is 6.07 Å². The predicted octanol–water partition coefficient (Wildman–Crippen LogP) is 1.98. The lowest BCUT2D eigenvalue weighted by Crippen LogP contribution is -2.38. The van der Waals surface area contributed by atoms with Crippen molar-refractivity contribution in [3.8, 4) is 0 Å². The normalized spacial score (nSPS) is 15.9. The number of hydrogen-bond donors (Lipinski definition) is 0. The highest BCUT2D eigenvalue weighted by molar-refractivity contribution is 9.10. The van der Waals surface area contributed by atoms with Crippen LogP contribution < -0.4 is 0 Å². The second kappa shape index (κ2) is 5.68. The van der Waals surface area contributed by atoms with E-state index in [1.807, 2.05) is 4.57 Å². The maximum atomic E-state index is 12.8. The van der Waals surface area contributed by atoms with E-state index in [0.717, 1.165) is 5.56 Å². The van der Waals surface area contributed by atoms with Crippen LogP contribution in [0.1, 0.15) is 11.4 Å². The van der Waals surface area contributed by atoms with E-state index in [2.05, 4.69) is 26.1 Å². The van der Waals surface area contributed by atoms with Gasteiger partial charge >= 0.3 is 0 Å². The third kappa shape index (κ3) is 2.73. The van der Waals surface area contributed by atoms with Crippen molar-refractivity contribution < 1.29 is 8.42 Å². The molecule has 1 aliphatic rings. The summed E-state index contributed by atoms with van der Waals surface area (Å²) in [6, 6.07) is 5.10. The van der Waals surface area contributed by atoms with Crippen molar-refractivity contribution in [3.63, 3.8) is 0 Å². The van der Waals surface area contributed by atoms with E-state index in [4.69, 9.17) is 11.6 Å². The number of nitrogens with zero attached hydrogens (tertiary/aromatic N) is 4. The van der Waals surface area contributed by atoms with Gasteiger partial charge in [0.1, 0.15) is 12.2 Å². The fourth-order valence-corrected chi connectivity index (χ4v) is 4.74. The molecule has 0 aliphatic carbocycles. The summed E-state index contributed by atoms with van der Waals surface area (Å²) in [4.78, 5) is 0.230. The van der Waals surface area contributed by atoms with E-state index in [9.17, 15) is 8.42 Å². The van der Waals surface area contributed by atoms with Crippen LogP contribution in [0.2, 0.25) is 0 Å². The topological polar surface area (TPSA) is 68.1 Å². The van der Waals surface area contributed by atoms with E-state index in [-0.39, 0.29) is 17.3 Å². The molecule has 2 heterocycles. The Bertz CT molecular complexity index is 777. The highest BCUT2D eigenvalue weighted by atomic mass is 79.9. The maximum absolute atomic E-state index is 12.8. The molecule has 0 bridgehead atoms. The first-order chi connectivity index (χ1) is 10.0. The number of halogens is 2. The van der Waals surface area contributed by atoms with Crippen LogP contribution in [0.4, 0.5) is 0 Å². The molecular formula is C12H12BrClN4O2S. The molecule has 112 valence electrons. The van der Waals surface area contributed by atoms with E-state index in [1.165, 1.54) is 4.31 Å². The van der Waals surface area contributed by atoms with Gasteiger partial charge in [0.25, 0.3) is 0 Å². The zero-order valence-electron chi connectivity index (χ0n) is 10.9. The number of benzene rings is 1. The Hall–Kier alpha value is -0.960. The monoisotopic (exact) mass is 390 g/mol. The Balaban J connectivity index is 1.98. The van der Waals surface area contributed by atoms with Gasteiger partial charge in [0.05, 0.1) is 11.4 Å². The van der Waals surface area contributed by atoms with Gasteiger partial charge in [-0.05, 0) is 33.6 Å². The minimum Gasteiger partial charge on any atom is -0.315 e. The fourth-order valence-electron chi connectivity index (χ4n) is 2.22. The maximum Gasteiger partial charge on any atom is 0.244 e. The van der Waals surface area contributed by atoms with Crippen molar-refractivity contribution in [1.29, 1.82) is 0 Å². The van der Waals surface area contributed by atoms with Crippen LogP contribution in [0.15, 0.2) is 33.9 Å². The molecule has 21 heavy (non-hydrogen) atoms. The summed E-state index contributed by atoms with van der Waals surface area (Å²) >= 11 is 9.10. The van der Waals surface area contributed by atoms with Gasteiger partial charge in [-0.15, -0.1) is 21.8 Å². The Morgan fingerprint density at radius 2 is 2.14 bits per heavy atom. The summed E-state index contributed by atoms with van der Waals surface area (Å²) in [5.74, 6) is 0.916. The third-order valence-corrected chi connectivity index (χ3v) is 6.52. The van der Waals surface area contributed by atoms with E-state index < -0.39 is 10.0 Å². The van der Waals surface area contributed by atoms with Crippen LogP contribution in [0, 0.1) is 0 Å². The number of alkyl halides is 1. The van der Waals surface area contributed by atoms with Crippen LogP contribution >= 0.6 is 27.5 Å². The summed E-state index contributed by atoms with van der Waals surface area (Å²) < 4.78 is 29.4. The zero-order valence-corrected chi connectivity index (χ0v) is 14.1. The minimum absolute atomic E-state index is 0.222. The lowest BCUT2D eigenvalue weighted by Gasteiger charge is -2.26. The minimum atomic E-state index is -3.60. The summed E-state index contributed by atoms with van der Waals surface area (Å²) in [5.41, 5.74) is 0.763. The first-order valence-electron chi connectivity index (χ1n) is 6.23. The van der Waals surface area contributed by atoms with Gasteiger partial charge < -0.3 is 4.57 Å². The molecule has 0 saturated heterocycles.